The van der Waals surface area contributed by atoms with E-state index >= 15 is 0 Å². The summed E-state index contributed by atoms with van der Waals surface area (Å²) < 4.78 is 3.28. The van der Waals surface area contributed by atoms with Gasteiger partial charge in [-0.3, -0.25) is 0 Å². The van der Waals surface area contributed by atoms with Crippen LogP contribution in [0.3, 0.4) is 0 Å². The normalized spacial score (nSPS) is 12.8. The first-order valence-electron chi connectivity index (χ1n) is 6.17. The van der Waals surface area contributed by atoms with Gasteiger partial charge in [0.1, 0.15) is 6.10 Å². The molecule has 3 rings (SSSR count). The maximum absolute atomic E-state index is 10.7. The number of hydrogen-bond donors (Lipinski definition) is 1. The molecule has 0 saturated carbocycles. The van der Waals surface area contributed by atoms with E-state index in [1.54, 1.807) is 11.3 Å². The number of hydrogen-bond acceptors (Lipinski definition) is 2. The molecule has 0 amide bonds. The van der Waals surface area contributed by atoms with Crippen LogP contribution < -0.4 is 0 Å². The summed E-state index contributed by atoms with van der Waals surface area (Å²) in [6.45, 7) is 2.02. The molecular formula is C16H12Br2OS. The topological polar surface area (TPSA) is 20.2 Å². The molecule has 1 nitrogen and oxygen atoms in total. The second-order valence-electron chi connectivity index (χ2n) is 4.71. The standard InChI is InChI=1S/C16H12Br2OS/c1-9-7-10(17)5-6-11(9)15(19)13-8-20-16-12(13)3-2-4-14(16)18/h2-8,15,19H,1H3. The van der Waals surface area contributed by atoms with Crippen LogP contribution in [0.5, 0.6) is 0 Å². The van der Waals surface area contributed by atoms with E-state index in [9.17, 15) is 5.11 Å². The third-order valence-corrected chi connectivity index (χ3v) is 5.87. The van der Waals surface area contributed by atoms with Crippen molar-refractivity contribution in [3.8, 4) is 0 Å². The molecular weight excluding hydrogens is 400 g/mol. The zero-order valence-electron chi connectivity index (χ0n) is 10.7. The lowest BCUT2D eigenvalue weighted by Gasteiger charge is -2.14. The quantitative estimate of drug-likeness (QED) is 0.563. The van der Waals surface area contributed by atoms with Crippen LogP contribution in [0.4, 0.5) is 0 Å². The molecule has 1 N–H and O–H groups in total. The fourth-order valence-corrected chi connectivity index (χ4v) is 4.48. The summed E-state index contributed by atoms with van der Waals surface area (Å²) in [5.74, 6) is 0. The summed E-state index contributed by atoms with van der Waals surface area (Å²) >= 11 is 8.68. The Morgan fingerprint density at radius 3 is 2.65 bits per heavy atom. The average molecular weight is 412 g/mol. The van der Waals surface area contributed by atoms with Crippen LogP contribution in [0, 0.1) is 6.92 Å². The second kappa shape index (κ2) is 5.60. The zero-order valence-corrected chi connectivity index (χ0v) is 14.7. The number of rotatable bonds is 2. The highest BCUT2D eigenvalue weighted by Gasteiger charge is 2.17. The van der Waals surface area contributed by atoms with Crippen LogP contribution >= 0.6 is 43.2 Å². The van der Waals surface area contributed by atoms with E-state index in [1.807, 2.05) is 42.6 Å². The lowest BCUT2D eigenvalue weighted by atomic mass is 9.97. The Hall–Kier alpha value is -0.680. The lowest BCUT2D eigenvalue weighted by Crippen LogP contribution is -2.01. The molecule has 3 aromatic rings. The minimum atomic E-state index is -0.592. The summed E-state index contributed by atoms with van der Waals surface area (Å²) in [5, 5.41) is 13.9. The Labute approximate surface area is 138 Å². The molecule has 0 aliphatic rings. The Morgan fingerprint density at radius 2 is 1.90 bits per heavy atom. The Balaban J connectivity index is 2.13. The molecule has 0 spiro atoms. The van der Waals surface area contributed by atoms with Crippen molar-refractivity contribution in [2.24, 2.45) is 0 Å². The molecule has 0 aliphatic heterocycles. The predicted molar refractivity (Wildman–Crippen MR) is 92.5 cm³/mol. The number of thiophene rings is 1. The third-order valence-electron chi connectivity index (χ3n) is 3.40. The summed E-state index contributed by atoms with van der Waals surface area (Å²) in [4.78, 5) is 0. The van der Waals surface area contributed by atoms with E-state index < -0.39 is 6.10 Å². The van der Waals surface area contributed by atoms with Gasteiger partial charge in [0.05, 0.1) is 0 Å². The smallest absolute Gasteiger partial charge is 0.106 e. The number of aliphatic hydroxyl groups is 1. The molecule has 1 atom stereocenters. The van der Waals surface area contributed by atoms with Crippen molar-refractivity contribution in [1.29, 1.82) is 0 Å². The van der Waals surface area contributed by atoms with Crippen molar-refractivity contribution in [2.45, 2.75) is 13.0 Å². The van der Waals surface area contributed by atoms with E-state index in [-0.39, 0.29) is 0 Å². The van der Waals surface area contributed by atoms with Gasteiger partial charge < -0.3 is 5.11 Å². The Bertz CT molecular complexity index is 779. The molecule has 0 aliphatic carbocycles. The van der Waals surface area contributed by atoms with Gasteiger partial charge in [0.15, 0.2) is 0 Å². The largest absolute Gasteiger partial charge is 0.384 e. The minimum absolute atomic E-state index is 0.592. The molecule has 0 fully saturated rings. The summed E-state index contributed by atoms with van der Waals surface area (Å²) in [7, 11) is 0. The van der Waals surface area contributed by atoms with Crippen molar-refractivity contribution in [3.63, 3.8) is 0 Å². The number of fused-ring (bicyclic) bond motifs is 1. The van der Waals surface area contributed by atoms with Gasteiger partial charge in [-0.2, -0.15) is 0 Å². The third kappa shape index (κ3) is 2.46. The highest BCUT2D eigenvalue weighted by molar-refractivity contribution is 9.11. The molecule has 1 heterocycles. The molecule has 4 heteroatoms. The molecule has 102 valence electrons. The first-order chi connectivity index (χ1) is 9.58. The molecule has 0 saturated heterocycles. The van der Waals surface area contributed by atoms with Crippen molar-refractivity contribution in [2.75, 3.05) is 0 Å². The van der Waals surface area contributed by atoms with Gasteiger partial charge in [0, 0.05) is 19.2 Å². The van der Waals surface area contributed by atoms with Crippen molar-refractivity contribution >= 4 is 53.3 Å². The summed E-state index contributed by atoms with van der Waals surface area (Å²) in [6, 6.07) is 12.1. The number of benzene rings is 2. The van der Waals surface area contributed by atoms with Gasteiger partial charge in [-0.15, -0.1) is 11.3 Å². The molecule has 2 aromatic carbocycles. The second-order valence-corrected chi connectivity index (χ2v) is 7.36. The molecule has 0 radical (unpaired) electrons. The highest BCUT2D eigenvalue weighted by Crippen LogP contribution is 2.38. The van der Waals surface area contributed by atoms with Crippen LogP contribution in [0.25, 0.3) is 10.1 Å². The highest BCUT2D eigenvalue weighted by atomic mass is 79.9. The van der Waals surface area contributed by atoms with Gasteiger partial charge in [-0.05, 0) is 62.9 Å². The van der Waals surface area contributed by atoms with E-state index in [0.29, 0.717) is 0 Å². The lowest BCUT2D eigenvalue weighted by molar-refractivity contribution is 0.221. The van der Waals surface area contributed by atoms with Crippen molar-refractivity contribution in [3.05, 3.63) is 67.4 Å². The van der Waals surface area contributed by atoms with Crippen molar-refractivity contribution < 1.29 is 5.11 Å². The van der Waals surface area contributed by atoms with E-state index in [4.69, 9.17) is 0 Å². The van der Waals surface area contributed by atoms with Crippen molar-refractivity contribution in [1.82, 2.24) is 0 Å². The minimum Gasteiger partial charge on any atom is -0.384 e. The zero-order chi connectivity index (χ0) is 14.3. The number of aryl methyl sites for hydroxylation is 1. The average Bonchev–Trinajstić information content (AvgIpc) is 2.83. The van der Waals surface area contributed by atoms with Crippen LogP contribution in [-0.2, 0) is 0 Å². The molecule has 20 heavy (non-hydrogen) atoms. The van der Waals surface area contributed by atoms with Crippen LogP contribution in [-0.4, -0.2) is 5.11 Å². The summed E-state index contributed by atoms with van der Waals surface area (Å²) in [6.07, 6.45) is -0.592. The van der Waals surface area contributed by atoms with E-state index in [2.05, 4.69) is 37.9 Å². The fraction of sp³-hybridized carbons (Fsp3) is 0.125. The maximum atomic E-state index is 10.7. The van der Waals surface area contributed by atoms with Gasteiger partial charge in [0.2, 0.25) is 0 Å². The van der Waals surface area contributed by atoms with E-state index in [0.717, 1.165) is 31.0 Å². The maximum Gasteiger partial charge on any atom is 0.106 e. The van der Waals surface area contributed by atoms with Gasteiger partial charge in [-0.25, -0.2) is 0 Å². The number of halogens is 2. The first-order valence-corrected chi connectivity index (χ1v) is 8.64. The molecule has 1 unspecified atom stereocenters. The number of aliphatic hydroxyl groups excluding tert-OH is 1. The first kappa shape index (κ1) is 14.3. The van der Waals surface area contributed by atoms with Gasteiger partial charge >= 0.3 is 0 Å². The van der Waals surface area contributed by atoms with Gasteiger partial charge in [0.25, 0.3) is 0 Å². The monoisotopic (exact) mass is 410 g/mol. The molecule has 0 bridgehead atoms. The Kier molecular flexibility index (Phi) is 4.00. The van der Waals surface area contributed by atoms with Crippen LogP contribution in [0.1, 0.15) is 22.8 Å². The SMILES string of the molecule is Cc1cc(Br)ccc1C(O)c1csc2c(Br)cccc12. The summed E-state index contributed by atoms with van der Waals surface area (Å²) in [5.41, 5.74) is 3.01. The Morgan fingerprint density at radius 1 is 1.10 bits per heavy atom. The predicted octanol–water partition coefficient (Wildman–Crippen LogP) is 5.82. The van der Waals surface area contributed by atoms with Crippen LogP contribution in [0.2, 0.25) is 0 Å². The van der Waals surface area contributed by atoms with Crippen LogP contribution in [0.15, 0.2) is 50.7 Å². The van der Waals surface area contributed by atoms with Gasteiger partial charge in [-0.1, -0.05) is 34.1 Å². The molecule has 1 aromatic heterocycles. The fourth-order valence-electron chi connectivity index (χ4n) is 2.37. The van der Waals surface area contributed by atoms with E-state index in [1.165, 1.54) is 4.70 Å².